The summed E-state index contributed by atoms with van der Waals surface area (Å²) < 4.78 is 10.5. The number of aliphatic imine (C=N–C) groups is 1. The first-order valence-corrected chi connectivity index (χ1v) is 9.15. The molecule has 0 saturated carbocycles. The molecule has 8 heteroatoms. The number of piperidine rings is 1. The lowest BCUT2D eigenvalue weighted by Gasteiger charge is -2.34. The summed E-state index contributed by atoms with van der Waals surface area (Å²) in [5, 5.41) is 3.32. The van der Waals surface area contributed by atoms with Gasteiger partial charge in [0.15, 0.2) is 12.6 Å². The number of guanidine groups is 1. The maximum atomic E-state index is 12.0. The third-order valence-corrected chi connectivity index (χ3v) is 4.28. The van der Waals surface area contributed by atoms with Gasteiger partial charge in [-0.2, -0.15) is 0 Å². The summed E-state index contributed by atoms with van der Waals surface area (Å²) in [4.78, 5) is 29.3. The van der Waals surface area contributed by atoms with Gasteiger partial charge in [0.05, 0.1) is 12.5 Å². The summed E-state index contributed by atoms with van der Waals surface area (Å²) in [6, 6.07) is 7.43. The number of primary amides is 1. The summed E-state index contributed by atoms with van der Waals surface area (Å²) in [5.74, 6) is 0.552. The van der Waals surface area contributed by atoms with Gasteiger partial charge in [-0.05, 0) is 37.5 Å². The second kappa shape index (κ2) is 10.4. The minimum atomic E-state index is -0.514. The molecule has 1 aromatic rings. The Balaban J connectivity index is 1.92. The molecule has 1 unspecified atom stereocenters. The highest BCUT2D eigenvalue weighted by molar-refractivity contribution is 5.81. The number of nitrogens with two attached hydrogens (primary N) is 1. The first-order valence-electron chi connectivity index (χ1n) is 9.15. The Kier molecular flexibility index (Phi) is 7.91. The van der Waals surface area contributed by atoms with Crippen molar-refractivity contribution in [2.45, 2.75) is 26.3 Å². The van der Waals surface area contributed by atoms with Gasteiger partial charge in [0, 0.05) is 26.7 Å². The van der Waals surface area contributed by atoms with E-state index >= 15 is 0 Å². The van der Waals surface area contributed by atoms with Crippen molar-refractivity contribution in [1.82, 2.24) is 10.2 Å². The smallest absolute Gasteiger partial charge is 0.310 e. The molecule has 1 aromatic carbocycles. The number of rotatable bonds is 7. The Morgan fingerprint density at radius 2 is 2.22 bits per heavy atom. The number of amides is 1. The highest BCUT2D eigenvalue weighted by atomic mass is 16.5. The molecule has 1 fully saturated rings. The van der Waals surface area contributed by atoms with Gasteiger partial charge < -0.3 is 25.4 Å². The Bertz CT molecular complexity index is 677. The van der Waals surface area contributed by atoms with Gasteiger partial charge in [0.25, 0.3) is 5.91 Å². The number of nitrogens with zero attached hydrogens (tertiary/aromatic N) is 2. The van der Waals surface area contributed by atoms with Gasteiger partial charge in [0.1, 0.15) is 5.75 Å². The third kappa shape index (κ3) is 6.47. The predicted octanol–water partition coefficient (Wildman–Crippen LogP) is 0.901. The fourth-order valence-electron chi connectivity index (χ4n) is 3.04. The van der Waals surface area contributed by atoms with E-state index in [1.54, 1.807) is 13.1 Å². The van der Waals surface area contributed by atoms with Crippen molar-refractivity contribution < 1.29 is 19.1 Å². The molecule has 8 nitrogen and oxygen atoms in total. The van der Waals surface area contributed by atoms with Crippen LogP contribution in [-0.2, 0) is 20.9 Å². The van der Waals surface area contributed by atoms with E-state index in [1.807, 2.05) is 25.1 Å². The number of benzene rings is 1. The van der Waals surface area contributed by atoms with Crippen molar-refractivity contribution in [3.8, 4) is 5.75 Å². The van der Waals surface area contributed by atoms with Crippen LogP contribution in [0.15, 0.2) is 29.3 Å². The molecule has 0 spiro atoms. The maximum Gasteiger partial charge on any atom is 0.310 e. The van der Waals surface area contributed by atoms with Crippen LogP contribution in [0.25, 0.3) is 0 Å². The molecule has 1 aliphatic rings. The van der Waals surface area contributed by atoms with Gasteiger partial charge in [-0.25, -0.2) is 0 Å². The Morgan fingerprint density at radius 3 is 2.93 bits per heavy atom. The van der Waals surface area contributed by atoms with Crippen molar-refractivity contribution in [2.24, 2.45) is 16.6 Å². The fraction of sp³-hybridized carbons (Fsp3) is 0.526. The van der Waals surface area contributed by atoms with Gasteiger partial charge in [-0.15, -0.1) is 0 Å². The highest BCUT2D eigenvalue weighted by Crippen LogP contribution is 2.18. The normalized spacial score (nSPS) is 17.3. The standard InChI is InChI=1S/C19H28N4O4/c1-3-26-18(25)15-7-5-9-23(12-15)19(21-2)22-11-14-6-4-8-16(10-14)27-13-17(20)24/h4,6,8,10,15H,3,5,7,9,11-13H2,1-2H3,(H2,20,24)(H,21,22). The lowest BCUT2D eigenvalue weighted by Crippen LogP contribution is -2.48. The molecule has 0 aromatic heterocycles. The molecular weight excluding hydrogens is 348 g/mol. The van der Waals surface area contributed by atoms with E-state index in [4.69, 9.17) is 15.2 Å². The number of carbonyl (C=O) groups excluding carboxylic acids is 2. The van der Waals surface area contributed by atoms with E-state index < -0.39 is 5.91 Å². The molecular formula is C19H28N4O4. The molecule has 2 rings (SSSR count). The summed E-state index contributed by atoms with van der Waals surface area (Å²) in [5.41, 5.74) is 6.08. The number of hydrogen-bond acceptors (Lipinski definition) is 5. The molecule has 148 valence electrons. The van der Waals surface area contributed by atoms with Crippen LogP contribution in [0.4, 0.5) is 0 Å². The third-order valence-electron chi connectivity index (χ3n) is 4.28. The zero-order valence-electron chi connectivity index (χ0n) is 15.9. The largest absolute Gasteiger partial charge is 0.484 e. The second-order valence-corrected chi connectivity index (χ2v) is 6.34. The second-order valence-electron chi connectivity index (χ2n) is 6.34. The van der Waals surface area contributed by atoms with Gasteiger partial charge in [-0.3, -0.25) is 14.6 Å². The minimum Gasteiger partial charge on any atom is -0.484 e. The Morgan fingerprint density at radius 1 is 1.41 bits per heavy atom. The van der Waals surface area contributed by atoms with Crippen LogP contribution in [0.3, 0.4) is 0 Å². The first kappa shape index (κ1) is 20.5. The minimum absolute atomic E-state index is 0.122. The molecule has 27 heavy (non-hydrogen) atoms. The maximum absolute atomic E-state index is 12.0. The van der Waals surface area contributed by atoms with E-state index in [0.29, 0.717) is 25.4 Å². The average Bonchev–Trinajstić information content (AvgIpc) is 2.67. The van der Waals surface area contributed by atoms with Gasteiger partial charge >= 0.3 is 5.97 Å². The van der Waals surface area contributed by atoms with Gasteiger partial charge in [0.2, 0.25) is 0 Å². The van der Waals surface area contributed by atoms with Crippen molar-refractivity contribution in [3.63, 3.8) is 0 Å². The summed E-state index contributed by atoms with van der Waals surface area (Å²) in [6.45, 7) is 4.05. The first-order chi connectivity index (χ1) is 13.0. The number of esters is 1. The number of ether oxygens (including phenoxy) is 2. The molecule has 1 amide bonds. The molecule has 0 bridgehead atoms. The predicted molar refractivity (Wildman–Crippen MR) is 102 cm³/mol. The van der Waals surface area contributed by atoms with Crippen LogP contribution in [0.1, 0.15) is 25.3 Å². The molecule has 1 atom stereocenters. The molecule has 0 radical (unpaired) electrons. The zero-order chi connectivity index (χ0) is 19.6. The van der Waals surface area contributed by atoms with Crippen molar-refractivity contribution in [2.75, 3.05) is 33.4 Å². The van der Waals surface area contributed by atoms with E-state index in [-0.39, 0.29) is 18.5 Å². The van der Waals surface area contributed by atoms with Crippen LogP contribution in [0.5, 0.6) is 5.75 Å². The van der Waals surface area contributed by atoms with Crippen LogP contribution < -0.4 is 15.8 Å². The van der Waals surface area contributed by atoms with Crippen LogP contribution >= 0.6 is 0 Å². The molecule has 1 saturated heterocycles. The summed E-state index contributed by atoms with van der Waals surface area (Å²) in [6.07, 6.45) is 1.76. The van der Waals surface area contributed by atoms with E-state index in [2.05, 4.69) is 15.2 Å². The van der Waals surface area contributed by atoms with Crippen molar-refractivity contribution in [3.05, 3.63) is 29.8 Å². The lowest BCUT2D eigenvalue weighted by molar-refractivity contribution is -0.149. The van der Waals surface area contributed by atoms with Crippen LogP contribution in [0, 0.1) is 5.92 Å². The van der Waals surface area contributed by atoms with E-state index in [9.17, 15) is 9.59 Å². The molecule has 3 N–H and O–H groups in total. The van der Waals surface area contributed by atoms with E-state index in [0.717, 1.165) is 30.9 Å². The summed E-state index contributed by atoms with van der Waals surface area (Å²) in [7, 11) is 1.72. The number of likely N-dealkylation sites (tertiary alicyclic amines) is 1. The van der Waals surface area contributed by atoms with Crippen molar-refractivity contribution in [1.29, 1.82) is 0 Å². The molecule has 0 aliphatic carbocycles. The zero-order valence-corrected chi connectivity index (χ0v) is 15.9. The Hall–Kier alpha value is -2.77. The highest BCUT2D eigenvalue weighted by Gasteiger charge is 2.28. The quantitative estimate of drug-likeness (QED) is 0.416. The van der Waals surface area contributed by atoms with E-state index in [1.165, 1.54) is 0 Å². The molecule has 1 aliphatic heterocycles. The monoisotopic (exact) mass is 376 g/mol. The SMILES string of the molecule is CCOC(=O)C1CCCN(C(=NC)NCc2cccc(OCC(N)=O)c2)C1. The van der Waals surface area contributed by atoms with Crippen LogP contribution in [0.2, 0.25) is 0 Å². The topological polar surface area (TPSA) is 106 Å². The average molecular weight is 376 g/mol. The molecule has 1 heterocycles. The fourth-order valence-corrected chi connectivity index (χ4v) is 3.04. The van der Waals surface area contributed by atoms with Gasteiger partial charge in [-0.1, -0.05) is 12.1 Å². The lowest BCUT2D eigenvalue weighted by atomic mass is 9.98. The number of carbonyl (C=O) groups is 2. The number of hydrogen-bond donors (Lipinski definition) is 2. The summed E-state index contributed by atoms with van der Waals surface area (Å²) >= 11 is 0. The number of nitrogens with one attached hydrogen (secondary N) is 1. The Labute approximate surface area is 159 Å². The van der Waals surface area contributed by atoms with Crippen molar-refractivity contribution >= 4 is 17.8 Å². The van der Waals surface area contributed by atoms with Crippen LogP contribution in [-0.4, -0.2) is 56.1 Å².